The Bertz CT molecular complexity index is 861. The van der Waals surface area contributed by atoms with E-state index in [4.69, 9.17) is 0 Å². The molecule has 8 heteroatoms. The number of rotatable bonds is 15. The molecule has 34 heavy (non-hydrogen) atoms. The summed E-state index contributed by atoms with van der Waals surface area (Å²) in [7, 11) is 0. The highest BCUT2D eigenvalue weighted by atomic mass is 16.4. The molecular weight excluding hydrogens is 432 g/mol. The summed E-state index contributed by atoms with van der Waals surface area (Å²) in [6.45, 7) is 8.62. The van der Waals surface area contributed by atoms with Crippen molar-refractivity contribution in [2.75, 3.05) is 0 Å². The number of hydrogen-bond donors (Lipinski definition) is 4. The van der Waals surface area contributed by atoms with Gasteiger partial charge in [-0.1, -0.05) is 52.7 Å². The van der Waals surface area contributed by atoms with Crippen LogP contribution in [0.3, 0.4) is 0 Å². The van der Waals surface area contributed by atoms with Crippen molar-refractivity contribution in [1.29, 1.82) is 0 Å². The van der Waals surface area contributed by atoms with E-state index in [1.54, 1.807) is 0 Å². The van der Waals surface area contributed by atoms with Crippen molar-refractivity contribution in [3.05, 3.63) is 59.2 Å². The molecule has 0 aromatic carbocycles. The Morgan fingerprint density at radius 3 is 1.41 bits per heavy atom. The fourth-order valence-electron chi connectivity index (χ4n) is 3.75. The number of carboxylic acids is 2. The molecule has 0 radical (unpaired) electrons. The highest BCUT2D eigenvalue weighted by Gasteiger charge is 2.23. The Morgan fingerprint density at radius 1 is 0.735 bits per heavy atom. The first-order valence-electron chi connectivity index (χ1n) is 12.1. The minimum Gasteiger partial charge on any atom is -0.480 e. The maximum absolute atomic E-state index is 11.5. The Balaban J connectivity index is 1.94. The van der Waals surface area contributed by atoms with Crippen molar-refractivity contribution in [2.24, 2.45) is 11.8 Å². The zero-order valence-corrected chi connectivity index (χ0v) is 20.6. The monoisotopic (exact) mass is 470 g/mol. The molecule has 2 heterocycles. The van der Waals surface area contributed by atoms with Crippen LogP contribution in [0.25, 0.3) is 0 Å². The van der Waals surface area contributed by atoms with Gasteiger partial charge < -0.3 is 10.2 Å². The van der Waals surface area contributed by atoms with Crippen LogP contribution < -0.4 is 10.6 Å². The minimum atomic E-state index is -0.843. The van der Waals surface area contributed by atoms with E-state index < -0.39 is 24.0 Å². The number of nitrogens with zero attached hydrogens (tertiary/aromatic N) is 2. The van der Waals surface area contributed by atoms with Gasteiger partial charge in [0.2, 0.25) is 0 Å². The van der Waals surface area contributed by atoms with E-state index in [9.17, 15) is 19.8 Å². The molecular formula is C26H38N4O4. The van der Waals surface area contributed by atoms with Crippen LogP contribution in [-0.4, -0.2) is 44.2 Å². The highest BCUT2D eigenvalue weighted by Crippen LogP contribution is 2.11. The smallest absolute Gasteiger partial charge is 0.320 e. The third kappa shape index (κ3) is 8.50. The summed E-state index contributed by atoms with van der Waals surface area (Å²) in [6, 6.07) is 10.4. The molecule has 0 saturated heterocycles. The molecule has 2 aromatic rings. The average molecular weight is 471 g/mol. The van der Waals surface area contributed by atoms with Crippen molar-refractivity contribution in [3.8, 4) is 0 Å². The molecule has 0 fully saturated rings. The zero-order chi connectivity index (χ0) is 25.1. The van der Waals surface area contributed by atoms with Crippen LogP contribution in [-0.2, 0) is 35.5 Å². The Labute approximate surface area is 202 Å². The molecule has 2 rings (SSSR count). The van der Waals surface area contributed by atoms with E-state index in [1.165, 1.54) is 0 Å². The second-order valence-electron chi connectivity index (χ2n) is 8.91. The number of aromatic nitrogens is 2. The first-order chi connectivity index (χ1) is 16.2. The first kappa shape index (κ1) is 27.4. The molecule has 0 spiro atoms. The van der Waals surface area contributed by atoms with Gasteiger partial charge in [0.15, 0.2) is 0 Å². The number of aliphatic carboxylic acids is 2. The Hall–Kier alpha value is -2.84. The predicted molar refractivity (Wildman–Crippen MR) is 131 cm³/mol. The molecule has 0 bridgehead atoms. The molecule has 0 aliphatic heterocycles. The van der Waals surface area contributed by atoms with Gasteiger partial charge in [0, 0.05) is 24.5 Å². The maximum atomic E-state index is 11.5. The molecule has 2 aromatic heterocycles. The lowest BCUT2D eigenvalue weighted by atomic mass is 9.99. The topological polar surface area (TPSA) is 124 Å². The number of carbonyl (C=O) groups is 2. The van der Waals surface area contributed by atoms with Gasteiger partial charge in [0.25, 0.3) is 0 Å². The summed E-state index contributed by atoms with van der Waals surface area (Å²) in [4.78, 5) is 32.4. The Kier molecular flexibility index (Phi) is 11.1. The lowest BCUT2D eigenvalue weighted by Crippen LogP contribution is -2.41. The maximum Gasteiger partial charge on any atom is 0.320 e. The Morgan fingerprint density at radius 2 is 1.09 bits per heavy atom. The fraction of sp³-hybridized carbons (Fsp3) is 0.538. The third-order valence-electron chi connectivity index (χ3n) is 6.33. The average Bonchev–Trinajstić information content (AvgIpc) is 2.82. The number of pyridine rings is 2. The summed E-state index contributed by atoms with van der Waals surface area (Å²) in [5, 5.41) is 25.1. The number of aryl methyl sites for hydroxylation is 2. The molecule has 8 nitrogen and oxygen atoms in total. The van der Waals surface area contributed by atoms with E-state index >= 15 is 0 Å². The lowest BCUT2D eigenvalue weighted by Gasteiger charge is -2.20. The van der Waals surface area contributed by atoms with Crippen LogP contribution in [0.5, 0.6) is 0 Å². The van der Waals surface area contributed by atoms with Gasteiger partial charge in [-0.15, -0.1) is 0 Å². The summed E-state index contributed by atoms with van der Waals surface area (Å²) in [5.74, 6) is -1.62. The quantitative estimate of drug-likeness (QED) is 0.312. The number of nitrogens with one attached hydrogen (secondary N) is 2. The number of hydrogen-bond acceptors (Lipinski definition) is 6. The van der Waals surface area contributed by atoms with E-state index in [-0.39, 0.29) is 11.8 Å². The molecule has 0 saturated carbocycles. The van der Waals surface area contributed by atoms with Gasteiger partial charge in [-0.25, -0.2) is 0 Å². The van der Waals surface area contributed by atoms with E-state index in [0.717, 1.165) is 35.6 Å². The second kappa shape index (κ2) is 13.8. The van der Waals surface area contributed by atoms with Crippen LogP contribution in [0, 0.1) is 11.8 Å². The van der Waals surface area contributed by atoms with Gasteiger partial charge in [-0.3, -0.25) is 30.2 Å². The van der Waals surface area contributed by atoms with Crippen molar-refractivity contribution in [1.82, 2.24) is 20.6 Å². The summed E-state index contributed by atoms with van der Waals surface area (Å²) >= 11 is 0. The summed E-state index contributed by atoms with van der Waals surface area (Å²) in [6.07, 6.45) is 2.98. The van der Waals surface area contributed by atoms with E-state index in [1.807, 2.05) is 64.1 Å². The van der Waals surface area contributed by atoms with Crippen LogP contribution in [0.4, 0.5) is 0 Å². The summed E-state index contributed by atoms with van der Waals surface area (Å²) < 4.78 is 0. The van der Waals surface area contributed by atoms with Crippen molar-refractivity contribution in [3.63, 3.8) is 0 Å². The number of carboxylic acid groups (broad SMARTS) is 2. The van der Waals surface area contributed by atoms with Gasteiger partial charge in [0.05, 0.1) is 11.4 Å². The van der Waals surface area contributed by atoms with Crippen LogP contribution in [0.1, 0.15) is 63.3 Å². The van der Waals surface area contributed by atoms with Gasteiger partial charge in [-0.2, -0.15) is 0 Å². The SMILES string of the molecule is CC[C@H](C)[C@H](NCc1cccc(CCc2cccc(CN[C@H](C(=O)O)[C@@H](C)CC)n2)n1)C(=O)O. The van der Waals surface area contributed by atoms with Crippen molar-refractivity contribution in [2.45, 2.75) is 78.6 Å². The van der Waals surface area contributed by atoms with E-state index in [2.05, 4.69) is 20.6 Å². The molecule has 0 aliphatic rings. The van der Waals surface area contributed by atoms with Crippen molar-refractivity contribution < 1.29 is 19.8 Å². The third-order valence-corrected chi connectivity index (χ3v) is 6.33. The molecule has 4 N–H and O–H groups in total. The first-order valence-corrected chi connectivity index (χ1v) is 12.1. The van der Waals surface area contributed by atoms with Crippen LogP contribution in [0.15, 0.2) is 36.4 Å². The standard InChI is InChI=1S/C26H38N4O4/c1-5-17(3)23(25(31)32)27-15-21-11-7-9-19(29-21)13-14-20-10-8-12-22(30-20)16-28-24(26(33)34)18(4)6-2/h7-12,17-18,23-24,27-28H,5-6,13-16H2,1-4H3,(H,31,32)(H,33,34)/t17-,18-,23-,24-/m0/s1. The normalized spacial score (nSPS) is 14.8. The largest absolute Gasteiger partial charge is 0.480 e. The van der Waals surface area contributed by atoms with Gasteiger partial charge >= 0.3 is 11.9 Å². The van der Waals surface area contributed by atoms with E-state index in [0.29, 0.717) is 25.9 Å². The van der Waals surface area contributed by atoms with Crippen LogP contribution in [0.2, 0.25) is 0 Å². The van der Waals surface area contributed by atoms with Gasteiger partial charge in [0.1, 0.15) is 12.1 Å². The molecule has 4 atom stereocenters. The lowest BCUT2D eigenvalue weighted by molar-refractivity contribution is -0.141. The van der Waals surface area contributed by atoms with Crippen molar-refractivity contribution >= 4 is 11.9 Å². The summed E-state index contributed by atoms with van der Waals surface area (Å²) in [5.41, 5.74) is 3.45. The molecule has 186 valence electrons. The molecule has 0 aliphatic carbocycles. The highest BCUT2D eigenvalue weighted by molar-refractivity contribution is 5.74. The fourth-order valence-corrected chi connectivity index (χ4v) is 3.75. The zero-order valence-electron chi connectivity index (χ0n) is 20.6. The molecule has 0 amide bonds. The predicted octanol–water partition coefficient (Wildman–Crippen LogP) is 3.44. The minimum absolute atomic E-state index is 0.0319. The second-order valence-corrected chi connectivity index (χ2v) is 8.91. The van der Waals surface area contributed by atoms with Crippen LogP contribution >= 0.6 is 0 Å². The van der Waals surface area contributed by atoms with Gasteiger partial charge in [-0.05, 0) is 48.9 Å². The molecule has 0 unspecified atom stereocenters.